The summed E-state index contributed by atoms with van der Waals surface area (Å²) in [6.07, 6.45) is 1.65. The Morgan fingerprint density at radius 3 is 1.97 bits per heavy atom. The molecule has 0 atom stereocenters. The van der Waals surface area contributed by atoms with Crippen LogP contribution < -0.4 is 9.04 Å². The van der Waals surface area contributed by atoms with E-state index in [-0.39, 0.29) is 17.4 Å². The molecule has 6 nitrogen and oxygen atoms in total. The molecule has 0 spiro atoms. The predicted molar refractivity (Wildman–Crippen MR) is 148 cm³/mol. The lowest BCUT2D eigenvalue weighted by Gasteiger charge is -2.30. The number of nitrogens with zero attached hydrogens (tertiary/aromatic N) is 2. The number of fused-ring (bicyclic) bond motifs is 1. The molecule has 7 heteroatoms. The van der Waals surface area contributed by atoms with E-state index in [0.29, 0.717) is 25.4 Å². The van der Waals surface area contributed by atoms with Gasteiger partial charge in [-0.25, -0.2) is 8.42 Å². The minimum Gasteiger partial charge on any atom is -0.484 e. The third-order valence-electron chi connectivity index (χ3n) is 6.63. The molecule has 1 aliphatic rings. The number of carbonyl (C=O) groups is 1. The molecule has 0 aromatic heterocycles. The van der Waals surface area contributed by atoms with Gasteiger partial charge in [-0.3, -0.25) is 9.10 Å². The standard InChI is InChI=1S/C31H30N2O4S/c34-31(32(22-25-10-3-1-4-11-25)23-26-12-5-2-6-13-26)24-37-28-17-19-29(20-18-28)38(35,36)33-21-9-15-27-14-7-8-16-30(27)33/h1-8,10-14,16-20H,9,15,21-24H2. The van der Waals surface area contributed by atoms with Crippen LogP contribution in [0.25, 0.3) is 0 Å². The van der Waals surface area contributed by atoms with E-state index in [4.69, 9.17) is 4.74 Å². The van der Waals surface area contributed by atoms with Crippen LogP contribution in [0.5, 0.6) is 5.75 Å². The molecule has 0 saturated carbocycles. The molecule has 0 bridgehead atoms. The van der Waals surface area contributed by atoms with Gasteiger partial charge in [-0.05, 0) is 59.9 Å². The largest absolute Gasteiger partial charge is 0.484 e. The third-order valence-corrected chi connectivity index (χ3v) is 8.45. The first-order chi connectivity index (χ1) is 18.5. The van der Waals surface area contributed by atoms with Crippen molar-refractivity contribution in [2.24, 2.45) is 0 Å². The van der Waals surface area contributed by atoms with Gasteiger partial charge in [0.25, 0.3) is 15.9 Å². The molecule has 0 radical (unpaired) electrons. The van der Waals surface area contributed by atoms with Crippen LogP contribution in [-0.4, -0.2) is 32.4 Å². The molecule has 4 aromatic rings. The molecule has 1 heterocycles. The van der Waals surface area contributed by atoms with E-state index in [0.717, 1.165) is 35.2 Å². The monoisotopic (exact) mass is 526 g/mol. The first-order valence-corrected chi connectivity index (χ1v) is 14.1. The second kappa shape index (κ2) is 11.5. The summed E-state index contributed by atoms with van der Waals surface area (Å²) in [6, 6.07) is 33.6. The van der Waals surface area contributed by atoms with Gasteiger partial charge in [0.15, 0.2) is 6.61 Å². The summed E-state index contributed by atoms with van der Waals surface area (Å²) in [4.78, 5) is 15.1. The van der Waals surface area contributed by atoms with E-state index < -0.39 is 10.0 Å². The summed E-state index contributed by atoms with van der Waals surface area (Å²) in [6.45, 7) is 1.23. The molecule has 0 unspecified atom stereocenters. The van der Waals surface area contributed by atoms with E-state index in [9.17, 15) is 13.2 Å². The van der Waals surface area contributed by atoms with Crippen LogP contribution in [-0.2, 0) is 34.3 Å². The second-order valence-corrected chi connectivity index (χ2v) is 11.2. The Labute approximate surface area is 224 Å². The van der Waals surface area contributed by atoms with Gasteiger partial charge >= 0.3 is 0 Å². The maximum Gasteiger partial charge on any atom is 0.264 e. The van der Waals surface area contributed by atoms with Crippen LogP contribution in [0.15, 0.2) is 114 Å². The van der Waals surface area contributed by atoms with Crippen molar-refractivity contribution in [3.05, 3.63) is 126 Å². The highest BCUT2D eigenvalue weighted by Crippen LogP contribution is 2.32. The van der Waals surface area contributed by atoms with Gasteiger partial charge in [-0.15, -0.1) is 0 Å². The zero-order valence-electron chi connectivity index (χ0n) is 21.1. The van der Waals surface area contributed by atoms with Crippen LogP contribution in [0.3, 0.4) is 0 Å². The van der Waals surface area contributed by atoms with Gasteiger partial charge in [0.2, 0.25) is 0 Å². The van der Waals surface area contributed by atoms with E-state index in [1.165, 1.54) is 16.4 Å². The lowest BCUT2D eigenvalue weighted by Crippen LogP contribution is -2.35. The number of anilines is 1. The number of hydrogen-bond acceptors (Lipinski definition) is 4. The average Bonchev–Trinajstić information content (AvgIpc) is 2.96. The van der Waals surface area contributed by atoms with Crippen molar-refractivity contribution in [3.63, 3.8) is 0 Å². The molecule has 0 aliphatic carbocycles. The van der Waals surface area contributed by atoms with Crippen molar-refractivity contribution in [1.82, 2.24) is 4.90 Å². The SMILES string of the molecule is O=C(COc1ccc(S(=O)(=O)N2CCCc3ccccc32)cc1)N(Cc1ccccc1)Cc1ccccc1. The first kappa shape index (κ1) is 25.5. The van der Waals surface area contributed by atoms with Crippen LogP contribution in [0, 0.1) is 0 Å². The summed E-state index contributed by atoms with van der Waals surface area (Å²) in [5.41, 5.74) is 3.84. The van der Waals surface area contributed by atoms with Gasteiger partial charge in [0, 0.05) is 19.6 Å². The van der Waals surface area contributed by atoms with Gasteiger partial charge in [-0.1, -0.05) is 78.9 Å². The summed E-state index contributed by atoms with van der Waals surface area (Å²) in [5, 5.41) is 0. The molecule has 1 aliphatic heterocycles. The van der Waals surface area contributed by atoms with Crippen LogP contribution in [0.1, 0.15) is 23.1 Å². The molecule has 0 saturated heterocycles. The Morgan fingerprint density at radius 1 is 0.763 bits per heavy atom. The predicted octanol–water partition coefficient (Wildman–Crippen LogP) is 5.44. The quantitative estimate of drug-likeness (QED) is 0.292. The van der Waals surface area contributed by atoms with Crippen molar-refractivity contribution in [2.45, 2.75) is 30.8 Å². The number of ether oxygens (including phenoxy) is 1. The Hall–Kier alpha value is -4.10. The first-order valence-electron chi connectivity index (χ1n) is 12.7. The number of carbonyl (C=O) groups excluding carboxylic acids is 1. The Bertz CT molecular complexity index is 1430. The highest BCUT2D eigenvalue weighted by molar-refractivity contribution is 7.92. The lowest BCUT2D eigenvalue weighted by atomic mass is 10.0. The van der Waals surface area contributed by atoms with Gasteiger partial charge in [-0.2, -0.15) is 0 Å². The van der Waals surface area contributed by atoms with Gasteiger partial charge in [0.05, 0.1) is 10.6 Å². The number of hydrogen-bond donors (Lipinski definition) is 0. The average molecular weight is 527 g/mol. The maximum absolute atomic E-state index is 13.4. The molecule has 194 valence electrons. The fourth-order valence-corrected chi connectivity index (χ4v) is 6.20. The number of aryl methyl sites for hydroxylation is 1. The Balaban J connectivity index is 1.26. The van der Waals surface area contributed by atoms with Gasteiger partial charge in [0.1, 0.15) is 5.75 Å². The summed E-state index contributed by atoms with van der Waals surface area (Å²) in [7, 11) is -3.70. The van der Waals surface area contributed by atoms with Crippen molar-refractivity contribution in [3.8, 4) is 5.75 Å². The van der Waals surface area contributed by atoms with Crippen LogP contribution in [0.2, 0.25) is 0 Å². The number of amides is 1. The molecular formula is C31H30N2O4S. The van der Waals surface area contributed by atoms with Crippen LogP contribution >= 0.6 is 0 Å². The Morgan fingerprint density at radius 2 is 1.34 bits per heavy atom. The molecule has 0 fully saturated rings. The molecule has 5 rings (SSSR count). The number of sulfonamides is 1. The topological polar surface area (TPSA) is 66.9 Å². The van der Waals surface area contributed by atoms with E-state index in [1.54, 1.807) is 17.0 Å². The van der Waals surface area contributed by atoms with E-state index in [2.05, 4.69) is 0 Å². The van der Waals surface area contributed by atoms with E-state index in [1.807, 2.05) is 84.9 Å². The second-order valence-electron chi connectivity index (χ2n) is 9.29. The maximum atomic E-state index is 13.4. The normalized spacial score (nSPS) is 13.0. The lowest BCUT2D eigenvalue weighted by molar-refractivity contribution is -0.134. The van der Waals surface area contributed by atoms with Gasteiger partial charge < -0.3 is 9.64 Å². The highest BCUT2D eigenvalue weighted by atomic mass is 32.2. The van der Waals surface area contributed by atoms with Crippen molar-refractivity contribution < 1.29 is 17.9 Å². The molecule has 38 heavy (non-hydrogen) atoms. The number of rotatable bonds is 9. The zero-order chi connectivity index (χ0) is 26.4. The summed E-state index contributed by atoms with van der Waals surface area (Å²) < 4.78 is 34.1. The third kappa shape index (κ3) is 5.89. The molecule has 0 N–H and O–H groups in total. The molecule has 1 amide bonds. The smallest absolute Gasteiger partial charge is 0.264 e. The zero-order valence-corrected chi connectivity index (χ0v) is 21.9. The van der Waals surface area contributed by atoms with Crippen molar-refractivity contribution in [1.29, 1.82) is 0 Å². The fraction of sp³-hybridized carbons (Fsp3) is 0.194. The molecule has 4 aromatic carbocycles. The minimum atomic E-state index is -3.70. The highest BCUT2D eigenvalue weighted by Gasteiger charge is 2.28. The summed E-state index contributed by atoms with van der Waals surface area (Å²) >= 11 is 0. The van der Waals surface area contributed by atoms with Crippen molar-refractivity contribution in [2.75, 3.05) is 17.5 Å². The molecular weight excluding hydrogens is 496 g/mol. The van der Waals surface area contributed by atoms with Crippen LogP contribution in [0.4, 0.5) is 5.69 Å². The summed E-state index contributed by atoms with van der Waals surface area (Å²) in [5.74, 6) is 0.287. The Kier molecular flexibility index (Phi) is 7.75. The number of benzene rings is 4. The van der Waals surface area contributed by atoms with Crippen molar-refractivity contribution >= 4 is 21.6 Å². The fourth-order valence-electron chi connectivity index (χ4n) is 4.66. The number of para-hydroxylation sites is 1. The minimum absolute atomic E-state index is 0.148. The van der Waals surface area contributed by atoms with E-state index >= 15 is 0 Å².